The third-order valence-corrected chi connectivity index (χ3v) is 0. The SMILES string of the molecule is [Cr+3].[Cu+2].[O-2].[O-2].[O-2].[O-2].[Ru+3]. The third-order valence-electron chi connectivity index (χ3n) is 0. The predicted molar refractivity (Wildman–Crippen MR) is 2.75 cm³/mol. The van der Waals surface area contributed by atoms with Crippen molar-refractivity contribution in [1.82, 2.24) is 0 Å². The van der Waals surface area contributed by atoms with Crippen LogP contribution in [0.15, 0.2) is 0 Å². The van der Waals surface area contributed by atoms with E-state index in [0.717, 1.165) is 0 Å². The van der Waals surface area contributed by atoms with Crippen LogP contribution in [0.1, 0.15) is 0 Å². The first-order chi connectivity index (χ1) is 0. The Morgan fingerprint density at radius 3 is 0.571 bits per heavy atom. The van der Waals surface area contributed by atoms with Gasteiger partial charge in [-0.25, -0.2) is 0 Å². The fraction of sp³-hybridized carbons (Fsp3) is 0. The van der Waals surface area contributed by atoms with Gasteiger partial charge in [-0.1, -0.05) is 0 Å². The monoisotopic (exact) mass is 281 g/mol. The zero-order valence-corrected chi connectivity index (χ0v) is 6.65. The molecule has 0 aromatic rings. The van der Waals surface area contributed by atoms with Crippen LogP contribution in [0, 0.1) is 0 Å². The van der Waals surface area contributed by atoms with E-state index in [4.69, 9.17) is 0 Å². The first kappa shape index (κ1) is 209. The largest absolute Gasteiger partial charge is 3.00 e. The van der Waals surface area contributed by atoms with Crippen molar-refractivity contribution in [1.29, 1.82) is 0 Å². The van der Waals surface area contributed by atoms with Crippen molar-refractivity contribution in [2.75, 3.05) is 0 Å². The molecule has 3 radical (unpaired) electrons. The van der Waals surface area contributed by atoms with Crippen molar-refractivity contribution in [3.8, 4) is 0 Å². The maximum atomic E-state index is 0. The van der Waals surface area contributed by atoms with Crippen molar-refractivity contribution in [3.63, 3.8) is 0 Å². The molecule has 0 aliphatic rings. The van der Waals surface area contributed by atoms with Crippen LogP contribution < -0.4 is 0 Å². The van der Waals surface area contributed by atoms with Crippen molar-refractivity contribution < 1.29 is 75.8 Å². The average Bonchev–Trinajstić information content (AvgIpc) is 0. The standard InChI is InChI=1S/Cr.Cu.4O.Ru/q+3;+2;4*-2;+3. The second-order valence-corrected chi connectivity index (χ2v) is 0. The second-order valence-electron chi connectivity index (χ2n) is 0. The molecule has 0 saturated heterocycles. The summed E-state index contributed by atoms with van der Waals surface area (Å²) in [5, 5.41) is 0. The summed E-state index contributed by atoms with van der Waals surface area (Å²) in [5.41, 5.74) is 0. The van der Waals surface area contributed by atoms with Gasteiger partial charge in [-0.3, -0.25) is 0 Å². The van der Waals surface area contributed by atoms with Gasteiger partial charge in [0.15, 0.2) is 0 Å². The Balaban J connectivity index is 0. The van der Waals surface area contributed by atoms with E-state index in [2.05, 4.69) is 0 Å². The Morgan fingerprint density at radius 1 is 0.571 bits per heavy atom. The normalized spacial score (nSPS) is 0. The summed E-state index contributed by atoms with van der Waals surface area (Å²) in [5.74, 6) is 0. The molecule has 7 heteroatoms. The van der Waals surface area contributed by atoms with Gasteiger partial charge in [-0.2, -0.15) is 0 Å². The molecule has 0 aliphatic heterocycles. The van der Waals surface area contributed by atoms with Gasteiger partial charge in [-0.15, -0.1) is 0 Å². The van der Waals surface area contributed by atoms with Gasteiger partial charge >= 0.3 is 53.9 Å². The zero-order valence-electron chi connectivity index (χ0n) is 2.70. The summed E-state index contributed by atoms with van der Waals surface area (Å²) in [6.45, 7) is 0. The average molecular weight is 281 g/mol. The van der Waals surface area contributed by atoms with Crippen molar-refractivity contribution in [3.05, 3.63) is 0 Å². The van der Waals surface area contributed by atoms with Crippen LogP contribution in [0.25, 0.3) is 0 Å². The molecule has 0 aromatic heterocycles. The summed E-state index contributed by atoms with van der Waals surface area (Å²) in [6, 6.07) is 0. The Kier molecular flexibility index (Phi) is 4160. The quantitative estimate of drug-likeness (QED) is 0.533. The summed E-state index contributed by atoms with van der Waals surface area (Å²) in [7, 11) is 0. The van der Waals surface area contributed by atoms with E-state index in [1.807, 2.05) is 0 Å². The molecular formula is CrCuO4Ru. The molecule has 0 fully saturated rings. The topological polar surface area (TPSA) is 114 Å². The molecule has 0 bridgehead atoms. The van der Waals surface area contributed by atoms with E-state index in [-0.39, 0.29) is 75.8 Å². The maximum absolute atomic E-state index is 0. The van der Waals surface area contributed by atoms with Crippen LogP contribution in [-0.2, 0) is 75.8 Å². The van der Waals surface area contributed by atoms with Crippen molar-refractivity contribution in [2.45, 2.75) is 0 Å². The van der Waals surface area contributed by atoms with Gasteiger partial charge in [0.2, 0.25) is 0 Å². The van der Waals surface area contributed by atoms with Gasteiger partial charge in [0.25, 0.3) is 0 Å². The molecule has 7 heavy (non-hydrogen) atoms. The second kappa shape index (κ2) is 139. The Labute approximate surface area is 75.6 Å². The molecule has 4 nitrogen and oxygen atoms in total. The number of rotatable bonds is 0. The maximum Gasteiger partial charge on any atom is 3.00 e. The van der Waals surface area contributed by atoms with Gasteiger partial charge in [0.1, 0.15) is 0 Å². The van der Waals surface area contributed by atoms with Crippen LogP contribution in [0.3, 0.4) is 0 Å². The van der Waals surface area contributed by atoms with Crippen LogP contribution in [0.5, 0.6) is 0 Å². The van der Waals surface area contributed by atoms with Crippen molar-refractivity contribution >= 4 is 0 Å². The van der Waals surface area contributed by atoms with Gasteiger partial charge in [-0.05, 0) is 0 Å². The van der Waals surface area contributed by atoms with E-state index in [9.17, 15) is 0 Å². The third kappa shape index (κ3) is 99.6. The molecular weight excluding hydrogens is 281 g/mol. The van der Waals surface area contributed by atoms with E-state index in [1.165, 1.54) is 0 Å². The molecule has 0 spiro atoms. The summed E-state index contributed by atoms with van der Waals surface area (Å²) in [4.78, 5) is 0. The predicted octanol–water partition coefficient (Wildman–Crippen LogP) is -0.483. The molecule has 0 unspecified atom stereocenters. The Bertz CT molecular complexity index is 11.7. The van der Waals surface area contributed by atoms with E-state index in [0.29, 0.717) is 0 Å². The summed E-state index contributed by atoms with van der Waals surface area (Å²) in [6.07, 6.45) is 0. The van der Waals surface area contributed by atoms with Crippen LogP contribution in [-0.4, -0.2) is 0 Å². The smallest absolute Gasteiger partial charge is 2.00 e. The van der Waals surface area contributed by atoms with Crippen LogP contribution in [0.4, 0.5) is 0 Å². The first-order valence-electron chi connectivity index (χ1n) is 0. The number of hydrogen-bond acceptors (Lipinski definition) is 0. The van der Waals surface area contributed by atoms with Crippen LogP contribution >= 0.6 is 0 Å². The Morgan fingerprint density at radius 2 is 0.571 bits per heavy atom. The summed E-state index contributed by atoms with van der Waals surface area (Å²) >= 11 is 0. The fourth-order valence-electron chi connectivity index (χ4n) is 0. The van der Waals surface area contributed by atoms with Crippen molar-refractivity contribution in [2.24, 2.45) is 0 Å². The van der Waals surface area contributed by atoms with Gasteiger partial charge in [0, 0.05) is 0 Å². The van der Waals surface area contributed by atoms with E-state index < -0.39 is 0 Å². The molecule has 0 saturated carbocycles. The molecule has 0 aliphatic carbocycles. The minimum atomic E-state index is 0. The van der Waals surface area contributed by atoms with Crippen LogP contribution in [0.2, 0.25) is 0 Å². The summed E-state index contributed by atoms with van der Waals surface area (Å²) < 4.78 is 0. The minimum absolute atomic E-state index is 0. The van der Waals surface area contributed by atoms with Gasteiger partial charge < -0.3 is 21.9 Å². The van der Waals surface area contributed by atoms with E-state index in [1.54, 1.807) is 0 Å². The molecule has 49 valence electrons. The first-order valence-corrected chi connectivity index (χ1v) is 0. The van der Waals surface area contributed by atoms with E-state index >= 15 is 0 Å². The number of hydrogen-bond donors (Lipinski definition) is 0. The molecule has 0 aromatic carbocycles. The Hall–Kier alpha value is 1.52. The molecule has 0 heterocycles. The minimum Gasteiger partial charge on any atom is -2.00 e. The zero-order chi connectivity index (χ0) is 0. The fourth-order valence-corrected chi connectivity index (χ4v) is 0. The molecule has 0 rings (SSSR count). The molecule has 0 atom stereocenters. The molecule has 0 N–H and O–H groups in total. The van der Waals surface area contributed by atoms with Gasteiger partial charge in [0.05, 0.1) is 0 Å². The molecule has 0 amide bonds.